The van der Waals surface area contributed by atoms with Gasteiger partial charge in [0, 0.05) is 37.1 Å². The predicted molar refractivity (Wildman–Crippen MR) is 96.8 cm³/mol. The highest BCUT2D eigenvalue weighted by atomic mass is 32.2. The van der Waals surface area contributed by atoms with Crippen molar-refractivity contribution in [2.75, 3.05) is 34.8 Å². The van der Waals surface area contributed by atoms with E-state index in [-0.39, 0.29) is 0 Å². The Hall–Kier alpha value is -2.28. The highest BCUT2D eigenvalue weighted by molar-refractivity contribution is 7.99. The SMILES string of the molecule is O=C(O)[C@@H](Cc1ccccc1)Nc1cc(N2CCSCC2)ncn1. The van der Waals surface area contributed by atoms with E-state index in [4.69, 9.17) is 0 Å². The summed E-state index contributed by atoms with van der Waals surface area (Å²) in [5.41, 5.74) is 0.972. The summed E-state index contributed by atoms with van der Waals surface area (Å²) in [7, 11) is 0. The molecule has 6 nitrogen and oxygen atoms in total. The molecule has 2 N–H and O–H groups in total. The van der Waals surface area contributed by atoms with Crippen LogP contribution in [0.1, 0.15) is 5.56 Å². The lowest BCUT2D eigenvalue weighted by molar-refractivity contribution is -0.137. The molecule has 7 heteroatoms. The second kappa shape index (κ2) is 8.01. The molecule has 1 aliphatic rings. The van der Waals surface area contributed by atoms with Gasteiger partial charge in [0.15, 0.2) is 0 Å². The van der Waals surface area contributed by atoms with Crippen molar-refractivity contribution < 1.29 is 9.90 Å². The van der Waals surface area contributed by atoms with E-state index in [1.54, 1.807) is 0 Å². The van der Waals surface area contributed by atoms with Gasteiger partial charge in [-0.1, -0.05) is 30.3 Å². The lowest BCUT2D eigenvalue weighted by Gasteiger charge is -2.27. The van der Waals surface area contributed by atoms with Gasteiger partial charge < -0.3 is 15.3 Å². The maximum atomic E-state index is 11.6. The standard InChI is InChI=1S/C17H20N4O2S/c22-17(23)14(10-13-4-2-1-3-5-13)20-15-11-16(19-12-18-15)21-6-8-24-9-7-21/h1-5,11-12,14H,6-10H2,(H,22,23)(H,18,19,20)/t14-/m1/s1. The summed E-state index contributed by atoms with van der Waals surface area (Å²) in [4.78, 5) is 22.3. The van der Waals surface area contributed by atoms with Crippen LogP contribution >= 0.6 is 11.8 Å². The first-order valence-electron chi connectivity index (χ1n) is 7.90. The molecular formula is C17H20N4O2S. The van der Waals surface area contributed by atoms with E-state index in [0.717, 1.165) is 36.0 Å². The highest BCUT2D eigenvalue weighted by Gasteiger charge is 2.19. The Morgan fingerprint density at radius 2 is 2.00 bits per heavy atom. The number of carboxylic acids is 1. The van der Waals surface area contributed by atoms with Crippen LogP contribution in [0.3, 0.4) is 0 Å². The Bertz CT molecular complexity index is 677. The van der Waals surface area contributed by atoms with Crippen molar-refractivity contribution in [1.82, 2.24) is 9.97 Å². The van der Waals surface area contributed by atoms with Gasteiger partial charge in [0.2, 0.25) is 0 Å². The lowest BCUT2D eigenvalue weighted by atomic mass is 10.1. The van der Waals surface area contributed by atoms with Crippen LogP contribution in [0.15, 0.2) is 42.7 Å². The zero-order valence-electron chi connectivity index (χ0n) is 13.3. The van der Waals surface area contributed by atoms with Gasteiger partial charge in [0.1, 0.15) is 24.0 Å². The lowest BCUT2D eigenvalue weighted by Crippen LogP contribution is -2.34. The number of nitrogens with zero attached hydrogens (tertiary/aromatic N) is 3. The average Bonchev–Trinajstić information content (AvgIpc) is 2.63. The van der Waals surface area contributed by atoms with E-state index < -0.39 is 12.0 Å². The van der Waals surface area contributed by atoms with Crippen LogP contribution in [0.4, 0.5) is 11.6 Å². The monoisotopic (exact) mass is 344 g/mol. The maximum absolute atomic E-state index is 11.6. The van der Waals surface area contributed by atoms with Crippen LogP contribution in [-0.2, 0) is 11.2 Å². The fraction of sp³-hybridized carbons (Fsp3) is 0.353. The third kappa shape index (κ3) is 4.38. The Morgan fingerprint density at radius 1 is 1.25 bits per heavy atom. The number of aliphatic carboxylic acids is 1. The topological polar surface area (TPSA) is 78.4 Å². The molecule has 0 unspecified atom stereocenters. The molecule has 0 aliphatic carbocycles. The Morgan fingerprint density at radius 3 is 2.71 bits per heavy atom. The van der Waals surface area contributed by atoms with E-state index in [9.17, 15) is 9.90 Å². The molecule has 24 heavy (non-hydrogen) atoms. The van der Waals surface area contributed by atoms with Crippen LogP contribution in [0.25, 0.3) is 0 Å². The second-order valence-corrected chi connectivity index (χ2v) is 6.81. The molecule has 1 aromatic carbocycles. The minimum Gasteiger partial charge on any atom is -0.480 e. The van der Waals surface area contributed by atoms with Crippen molar-refractivity contribution in [3.63, 3.8) is 0 Å². The average molecular weight is 344 g/mol. The summed E-state index contributed by atoms with van der Waals surface area (Å²) in [6.07, 6.45) is 1.89. The van der Waals surface area contributed by atoms with E-state index >= 15 is 0 Å². The van der Waals surface area contributed by atoms with Crippen molar-refractivity contribution >= 4 is 29.4 Å². The Kier molecular flexibility index (Phi) is 5.53. The molecule has 0 spiro atoms. The van der Waals surface area contributed by atoms with Gasteiger partial charge in [-0.2, -0.15) is 11.8 Å². The van der Waals surface area contributed by atoms with Gasteiger partial charge in [-0.15, -0.1) is 0 Å². The summed E-state index contributed by atoms with van der Waals surface area (Å²) >= 11 is 1.93. The van der Waals surface area contributed by atoms with E-state index in [2.05, 4.69) is 20.2 Å². The molecule has 0 radical (unpaired) electrons. The normalized spacial score (nSPS) is 15.8. The molecule has 0 amide bonds. The Labute approximate surface area is 145 Å². The molecular weight excluding hydrogens is 324 g/mol. The largest absolute Gasteiger partial charge is 0.480 e. The smallest absolute Gasteiger partial charge is 0.326 e. The molecule has 0 bridgehead atoms. The minimum absolute atomic E-state index is 0.399. The molecule has 3 rings (SSSR count). The van der Waals surface area contributed by atoms with Crippen LogP contribution in [0, 0.1) is 0 Å². The molecule has 1 aromatic heterocycles. The van der Waals surface area contributed by atoms with E-state index in [0.29, 0.717) is 12.2 Å². The summed E-state index contributed by atoms with van der Waals surface area (Å²) in [6.45, 7) is 1.90. The predicted octanol–water partition coefficient (Wildman–Crippen LogP) is 2.14. The molecule has 1 saturated heterocycles. The van der Waals surface area contributed by atoms with Crippen LogP contribution < -0.4 is 10.2 Å². The van der Waals surface area contributed by atoms with Gasteiger partial charge in [-0.25, -0.2) is 14.8 Å². The zero-order chi connectivity index (χ0) is 16.8. The van der Waals surface area contributed by atoms with Gasteiger partial charge in [-0.3, -0.25) is 0 Å². The van der Waals surface area contributed by atoms with Gasteiger partial charge >= 0.3 is 5.97 Å². The van der Waals surface area contributed by atoms with Crippen molar-refractivity contribution in [3.8, 4) is 0 Å². The van der Waals surface area contributed by atoms with Crippen LogP contribution in [0.2, 0.25) is 0 Å². The number of hydrogen-bond donors (Lipinski definition) is 2. The van der Waals surface area contributed by atoms with Crippen molar-refractivity contribution in [2.45, 2.75) is 12.5 Å². The van der Waals surface area contributed by atoms with E-state index in [1.165, 1.54) is 6.33 Å². The van der Waals surface area contributed by atoms with Crippen molar-refractivity contribution in [1.29, 1.82) is 0 Å². The van der Waals surface area contributed by atoms with Gasteiger partial charge in [-0.05, 0) is 5.56 Å². The minimum atomic E-state index is -0.895. The number of anilines is 2. The fourth-order valence-electron chi connectivity index (χ4n) is 2.62. The quantitative estimate of drug-likeness (QED) is 0.831. The van der Waals surface area contributed by atoms with Crippen molar-refractivity contribution in [2.24, 2.45) is 0 Å². The Balaban J connectivity index is 1.71. The number of carbonyl (C=O) groups is 1. The zero-order valence-corrected chi connectivity index (χ0v) is 14.1. The number of hydrogen-bond acceptors (Lipinski definition) is 6. The van der Waals surface area contributed by atoms with Crippen LogP contribution in [-0.4, -0.2) is 51.7 Å². The number of benzene rings is 1. The van der Waals surface area contributed by atoms with Gasteiger partial charge in [0.05, 0.1) is 0 Å². The first-order chi connectivity index (χ1) is 11.7. The number of nitrogens with one attached hydrogen (secondary N) is 1. The molecule has 1 atom stereocenters. The second-order valence-electron chi connectivity index (χ2n) is 5.59. The summed E-state index contributed by atoms with van der Waals surface area (Å²) < 4.78 is 0. The molecule has 2 heterocycles. The summed E-state index contributed by atoms with van der Waals surface area (Å²) in [5, 5.41) is 12.5. The van der Waals surface area contributed by atoms with Crippen molar-refractivity contribution in [3.05, 3.63) is 48.3 Å². The summed E-state index contributed by atoms with van der Waals surface area (Å²) in [6, 6.07) is 10.7. The summed E-state index contributed by atoms with van der Waals surface area (Å²) in [5.74, 6) is 2.66. The third-order valence-corrected chi connectivity index (χ3v) is 4.83. The fourth-order valence-corrected chi connectivity index (χ4v) is 3.52. The number of rotatable bonds is 6. The van der Waals surface area contributed by atoms with E-state index in [1.807, 2.05) is 48.2 Å². The van der Waals surface area contributed by atoms with Crippen LogP contribution in [0.5, 0.6) is 0 Å². The first-order valence-corrected chi connectivity index (χ1v) is 9.06. The maximum Gasteiger partial charge on any atom is 0.326 e. The number of thioether (sulfide) groups is 1. The molecule has 2 aromatic rings. The number of aromatic nitrogens is 2. The highest BCUT2D eigenvalue weighted by Crippen LogP contribution is 2.19. The van der Waals surface area contributed by atoms with Gasteiger partial charge in [0.25, 0.3) is 0 Å². The number of carboxylic acid groups (broad SMARTS) is 1. The molecule has 1 fully saturated rings. The molecule has 126 valence electrons. The molecule has 1 aliphatic heterocycles. The third-order valence-electron chi connectivity index (χ3n) is 3.89. The first kappa shape index (κ1) is 16.6. The molecule has 0 saturated carbocycles.